The molecule has 0 N–H and O–H groups in total. The first-order valence-corrected chi connectivity index (χ1v) is 6.03. The number of pyridine rings is 1. The van der Waals surface area contributed by atoms with E-state index in [1.54, 1.807) is 23.3 Å². The van der Waals surface area contributed by atoms with Crippen molar-refractivity contribution in [3.05, 3.63) is 31.2 Å². The van der Waals surface area contributed by atoms with Crippen LogP contribution in [0.2, 0.25) is 0 Å². The Balaban J connectivity index is 1.94. The minimum atomic E-state index is -0.0330. The molecule has 0 unspecified atom stereocenters. The van der Waals surface area contributed by atoms with Gasteiger partial charge in [-0.05, 0) is 18.9 Å². The van der Waals surface area contributed by atoms with Gasteiger partial charge >= 0.3 is 0 Å². The van der Waals surface area contributed by atoms with Gasteiger partial charge in [-0.2, -0.15) is 5.10 Å². The summed E-state index contributed by atoms with van der Waals surface area (Å²) in [4.78, 5) is 18.1. The molecule has 1 aliphatic heterocycles. The van der Waals surface area contributed by atoms with Crippen molar-refractivity contribution in [3.8, 4) is 0 Å². The molecule has 2 aromatic heterocycles. The molecular formula is C13H14N4O. The van der Waals surface area contributed by atoms with Gasteiger partial charge < -0.3 is 4.90 Å². The summed E-state index contributed by atoms with van der Waals surface area (Å²) in [5, 5.41) is 5.13. The van der Waals surface area contributed by atoms with Gasteiger partial charge in [0.15, 0.2) is 0 Å². The number of rotatable bonds is 2. The van der Waals surface area contributed by atoms with Crippen molar-refractivity contribution < 1.29 is 4.79 Å². The molecule has 1 amide bonds. The number of nitrogens with zero attached hydrogens (tertiary/aromatic N) is 4. The molecule has 0 saturated carbocycles. The largest absolute Gasteiger partial charge is 0.337 e. The number of fused-ring (bicyclic) bond motifs is 1. The van der Waals surface area contributed by atoms with E-state index in [1.807, 2.05) is 11.0 Å². The third-order valence-electron chi connectivity index (χ3n) is 3.26. The van der Waals surface area contributed by atoms with E-state index < -0.39 is 0 Å². The van der Waals surface area contributed by atoms with E-state index in [2.05, 4.69) is 16.7 Å². The molecule has 0 radical (unpaired) electrons. The topological polar surface area (TPSA) is 51.0 Å². The van der Waals surface area contributed by atoms with Crippen LogP contribution in [-0.2, 0) is 4.79 Å². The fourth-order valence-corrected chi connectivity index (χ4v) is 2.28. The Morgan fingerprint density at radius 2 is 2.06 bits per heavy atom. The highest BCUT2D eigenvalue weighted by atomic mass is 16.2. The predicted octanol–water partition coefficient (Wildman–Crippen LogP) is 1.52. The van der Waals surface area contributed by atoms with Gasteiger partial charge in [-0.1, -0.05) is 6.58 Å². The molecule has 1 saturated heterocycles. The Morgan fingerprint density at radius 3 is 2.83 bits per heavy atom. The Labute approximate surface area is 105 Å². The van der Waals surface area contributed by atoms with Crippen LogP contribution in [0, 0.1) is 0 Å². The number of hydrogen-bond donors (Lipinski definition) is 0. The maximum absolute atomic E-state index is 12.2. The third-order valence-corrected chi connectivity index (χ3v) is 3.26. The van der Waals surface area contributed by atoms with Crippen molar-refractivity contribution in [3.63, 3.8) is 0 Å². The highest BCUT2D eigenvalue weighted by Crippen LogP contribution is 2.18. The SMILES string of the molecule is C=C(C(=O)N1CCCC1)n1ncc2cnccc21. The second kappa shape index (κ2) is 4.25. The van der Waals surface area contributed by atoms with Crippen molar-refractivity contribution in [2.75, 3.05) is 13.1 Å². The van der Waals surface area contributed by atoms with Crippen LogP contribution in [0.25, 0.3) is 16.6 Å². The number of carbonyl (C=O) groups is 1. The first-order valence-electron chi connectivity index (χ1n) is 6.03. The number of carbonyl (C=O) groups excluding carboxylic acids is 1. The second-order valence-electron chi connectivity index (χ2n) is 4.44. The Hall–Kier alpha value is -2.17. The van der Waals surface area contributed by atoms with Gasteiger partial charge in [-0.25, -0.2) is 4.68 Å². The lowest BCUT2D eigenvalue weighted by Crippen LogP contribution is -2.30. The van der Waals surface area contributed by atoms with E-state index in [1.165, 1.54) is 0 Å². The molecule has 1 aliphatic rings. The molecule has 0 spiro atoms. The van der Waals surface area contributed by atoms with Crippen LogP contribution >= 0.6 is 0 Å². The minimum absolute atomic E-state index is 0.0330. The van der Waals surface area contributed by atoms with Crippen molar-refractivity contribution in [1.82, 2.24) is 19.7 Å². The molecule has 2 aromatic rings. The lowest BCUT2D eigenvalue weighted by molar-refractivity contribution is -0.124. The molecule has 0 bridgehead atoms. The first kappa shape index (κ1) is 11.0. The summed E-state index contributed by atoms with van der Waals surface area (Å²) in [7, 11) is 0. The molecule has 0 aliphatic carbocycles. The van der Waals surface area contributed by atoms with Crippen molar-refractivity contribution in [2.24, 2.45) is 0 Å². The maximum Gasteiger partial charge on any atom is 0.271 e. The Morgan fingerprint density at radius 1 is 1.28 bits per heavy atom. The Bertz CT molecular complexity index is 610. The van der Waals surface area contributed by atoms with Crippen LogP contribution in [0.5, 0.6) is 0 Å². The van der Waals surface area contributed by atoms with Crippen molar-refractivity contribution in [2.45, 2.75) is 12.8 Å². The quantitative estimate of drug-likeness (QED) is 0.750. The van der Waals surface area contributed by atoms with E-state index in [0.717, 1.165) is 36.8 Å². The number of aromatic nitrogens is 3. The van der Waals surface area contributed by atoms with Gasteiger partial charge in [-0.15, -0.1) is 0 Å². The van der Waals surface area contributed by atoms with Gasteiger partial charge in [-0.3, -0.25) is 9.78 Å². The lowest BCUT2D eigenvalue weighted by Gasteiger charge is -2.16. The van der Waals surface area contributed by atoms with Gasteiger partial charge in [0.25, 0.3) is 5.91 Å². The van der Waals surface area contributed by atoms with Crippen molar-refractivity contribution >= 4 is 22.5 Å². The summed E-state index contributed by atoms with van der Waals surface area (Å²) >= 11 is 0. The normalized spacial score (nSPS) is 15.2. The third kappa shape index (κ3) is 1.68. The summed E-state index contributed by atoms with van der Waals surface area (Å²) in [5.41, 5.74) is 1.26. The maximum atomic E-state index is 12.2. The molecule has 5 nitrogen and oxygen atoms in total. The minimum Gasteiger partial charge on any atom is -0.337 e. The van der Waals surface area contributed by atoms with E-state index in [4.69, 9.17) is 0 Å². The Kier molecular flexibility index (Phi) is 2.59. The van der Waals surface area contributed by atoms with E-state index in [-0.39, 0.29) is 5.91 Å². The standard InChI is InChI=1S/C13H14N4O/c1-10(13(18)16-6-2-3-7-16)17-12-4-5-14-8-11(12)9-15-17/h4-5,8-9H,1-3,6-7H2. The van der Waals surface area contributed by atoms with Crippen molar-refractivity contribution in [1.29, 1.82) is 0 Å². The molecular weight excluding hydrogens is 228 g/mol. The molecule has 5 heteroatoms. The highest BCUT2D eigenvalue weighted by molar-refractivity contribution is 6.14. The van der Waals surface area contributed by atoms with E-state index in [0.29, 0.717) is 5.70 Å². The van der Waals surface area contributed by atoms with Gasteiger partial charge in [0, 0.05) is 30.9 Å². The van der Waals surface area contributed by atoms with Gasteiger partial charge in [0.1, 0.15) is 5.70 Å². The first-order chi connectivity index (χ1) is 8.77. The average Bonchev–Trinajstić information content (AvgIpc) is 3.06. The molecule has 92 valence electrons. The van der Waals surface area contributed by atoms with E-state index >= 15 is 0 Å². The van der Waals surface area contributed by atoms with Crippen LogP contribution in [0.4, 0.5) is 0 Å². The van der Waals surface area contributed by atoms with Gasteiger partial charge in [0.2, 0.25) is 0 Å². The zero-order valence-electron chi connectivity index (χ0n) is 10.0. The summed E-state index contributed by atoms with van der Waals surface area (Å²) < 4.78 is 1.59. The van der Waals surface area contributed by atoms with Crippen LogP contribution in [0.3, 0.4) is 0 Å². The van der Waals surface area contributed by atoms with Crippen LogP contribution in [0.15, 0.2) is 31.2 Å². The summed E-state index contributed by atoms with van der Waals surface area (Å²) in [5.74, 6) is -0.0330. The van der Waals surface area contributed by atoms with Crippen LogP contribution in [0.1, 0.15) is 12.8 Å². The lowest BCUT2D eigenvalue weighted by atomic mass is 10.3. The molecule has 0 aromatic carbocycles. The summed E-state index contributed by atoms with van der Waals surface area (Å²) in [6.07, 6.45) is 7.26. The van der Waals surface area contributed by atoms with Gasteiger partial charge in [0.05, 0.1) is 11.7 Å². The number of likely N-dealkylation sites (tertiary alicyclic amines) is 1. The monoisotopic (exact) mass is 242 g/mol. The fraction of sp³-hybridized carbons (Fsp3) is 0.308. The summed E-state index contributed by atoms with van der Waals surface area (Å²) in [6, 6.07) is 1.84. The highest BCUT2D eigenvalue weighted by Gasteiger charge is 2.22. The number of hydrogen-bond acceptors (Lipinski definition) is 3. The molecule has 3 rings (SSSR count). The van der Waals surface area contributed by atoms with Crippen LogP contribution in [-0.4, -0.2) is 38.7 Å². The second-order valence-corrected chi connectivity index (χ2v) is 4.44. The summed E-state index contributed by atoms with van der Waals surface area (Å²) in [6.45, 7) is 5.52. The predicted molar refractivity (Wildman–Crippen MR) is 68.7 cm³/mol. The van der Waals surface area contributed by atoms with Crippen LogP contribution < -0.4 is 0 Å². The zero-order valence-corrected chi connectivity index (χ0v) is 10.0. The molecule has 0 atom stereocenters. The average molecular weight is 242 g/mol. The molecule has 3 heterocycles. The number of amides is 1. The molecule has 18 heavy (non-hydrogen) atoms. The molecule has 1 fully saturated rings. The zero-order chi connectivity index (χ0) is 12.5. The fourth-order valence-electron chi connectivity index (χ4n) is 2.28. The smallest absolute Gasteiger partial charge is 0.271 e. The van der Waals surface area contributed by atoms with E-state index in [9.17, 15) is 4.79 Å².